The number of rotatable bonds is 6. The Labute approximate surface area is 92.0 Å². The van der Waals surface area contributed by atoms with Crippen LogP contribution in [-0.4, -0.2) is 22.3 Å². The minimum atomic E-state index is -0.708. The van der Waals surface area contributed by atoms with Crippen LogP contribution in [0.2, 0.25) is 0 Å². The summed E-state index contributed by atoms with van der Waals surface area (Å²) in [5.41, 5.74) is 5.48. The van der Waals surface area contributed by atoms with Crippen LogP contribution >= 0.6 is 11.3 Å². The van der Waals surface area contributed by atoms with Gasteiger partial charge >= 0.3 is 0 Å². The summed E-state index contributed by atoms with van der Waals surface area (Å²) >= 11 is 1.73. The van der Waals surface area contributed by atoms with Gasteiger partial charge in [0, 0.05) is 27.2 Å². The van der Waals surface area contributed by atoms with Gasteiger partial charge in [0.2, 0.25) is 0 Å². The smallest absolute Gasteiger partial charge is 0.0283 e. The molecular weight excluding hydrogens is 214 g/mol. The first kappa shape index (κ1) is 11.9. The maximum Gasteiger partial charge on any atom is 0.0283 e. The van der Waals surface area contributed by atoms with Crippen molar-refractivity contribution >= 4 is 22.1 Å². The first-order valence-corrected chi connectivity index (χ1v) is 7.16. The van der Waals surface area contributed by atoms with E-state index < -0.39 is 10.8 Å². The van der Waals surface area contributed by atoms with Crippen LogP contribution in [0.5, 0.6) is 0 Å². The standard InChI is InChI=1S/C10H17NOS2/c1-9(7-11)8-14(12)6-4-10-3-2-5-13-10/h2-3,5,9H,4,6-8,11H2,1H3. The average Bonchev–Trinajstić information content (AvgIpc) is 2.67. The normalized spacial score (nSPS) is 15.3. The second-order valence-corrected chi connectivity index (χ2v) is 6.13. The highest BCUT2D eigenvalue weighted by molar-refractivity contribution is 7.84. The van der Waals surface area contributed by atoms with Gasteiger partial charge in [0.1, 0.15) is 0 Å². The van der Waals surface area contributed by atoms with E-state index >= 15 is 0 Å². The van der Waals surface area contributed by atoms with Crippen molar-refractivity contribution in [2.75, 3.05) is 18.1 Å². The van der Waals surface area contributed by atoms with Gasteiger partial charge in [0.25, 0.3) is 0 Å². The largest absolute Gasteiger partial charge is 0.330 e. The Bertz CT molecular complexity index is 272. The van der Waals surface area contributed by atoms with Crippen molar-refractivity contribution in [2.24, 2.45) is 11.7 Å². The fourth-order valence-corrected chi connectivity index (χ4v) is 3.36. The number of nitrogens with two attached hydrogens (primary N) is 1. The summed E-state index contributed by atoms with van der Waals surface area (Å²) in [5.74, 6) is 1.88. The highest BCUT2D eigenvalue weighted by Crippen LogP contribution is 2.10. The van der Waals surface area contributed by atoms with Crippen molar-refractivity contribution in [3.63, 3.8) is 0 Å². The summed E-state index contributed by atoms with van der Waals surface area (Å²) in [6, 6.07) is 4.12. The van der Waals surface area contributed by atoms with Crippen LogP contribution in [0, 0.1) is 5.92 Å². The van der Waals surface area contributed by atoms with Gasteiger partial charge in [-0.15, -0.1) is 11.3 Å². The third-order valence-electron chi connectivity index (χ3n) is 2.03. The molecule has 0 aliphatic carbocycles. The molecule has 0 radical (unpaired) electrons. The van der Waals surface area contributed by atoms with Gasteiger partial charge < -0.3 is 5.73 Å². The van der Waals surface area contributed by atoms with Crippen LogP contribution in [0.15, 0.2) is 17.5 Å². The Morgan fingerprint density at radius 2 is 2.43 bits per heavy atom. The zero-order chi connectivity index (χ0) is 10.4. The van der Waals surface area contributed by atoms with Crippen molar-refractivity contribution in [3.05, 3.63) is 22.4 Å². The molecule has 0 aliphatic heterocycles. The van der Waals surface area contributed by atoms with Crippen molar-refractivity contribution in [3.8, 4) is 0 Å². The summed E-state index contributed by atoms with van der Waals surface area (Å²) in [6.45, 7) is 2.67. The van der Waals surface area contributed by atoms with Crippen molar-refractivity contribution < 1.29 is 4.21 Å². The van der Waals surface area contributed by atoms with Crippen LogP contribution in [-0.2, 0) is 17.2 Å². The molecule has 0 bridgehead atoms. The summed E-state index contributed by atoms with van der Waals surface area (Å²) in [5, 5.41) is 2.06. The highest BCUT2D eigenvalue weighted by Gasteiger charge is 2.06. The molecule has 80 valence electrons. The lowest BCUT2D eigenvalue weighted by atomic mass is 10.2. The predicted octanol–water partition coefficient (Wildman–Crippen LogP) is 1.63. The van der Waals surface area contributed by atoms with E-state index in [-0.39, 0.29) is 0 Å². The summed E-state index contributed by atoms with van der Waals surface area (Å²) in [7, 11) is -0.708. The highest BCUT2D eigenvalue weighted by atomic mass is 32.2. The lowest BCUT2D eigenvalue weighted by Crippen LogP contribution is -2.19. The van der Waals surface area contributed by atoms with E-state index in [1.54, 1.807) is 11.3 Å². The first-order chi connectivity index (χ1) is 6.72. The topological polar surface area (TPSA) is 43.1 Å². The van der Waals surface area contributed by atoms with Gasteiger partial charge in [-0.2, -0.15) is 0 Å². The Hall–Kier alpha value is -0.190. The molecule has 1 aromatic rings. The van der Waals surface area contributed by atoms with Crippen LogP contribution in [0.4, 0.5) is 0 Å². The maximum absolute atomic E-state index is 11.6. The molecule has 2 N–H and O–H groups in total. The van der Waals surface area contributed by atoms with Crippen molar-refractivity contribution in [1.29, 1.82) is 0 Å². The molecule has 0 aliphatic rings. The predicted molar refractivity (Wildman–Crippen MR) is 64.1 cm³/mol. The van der Waals surface area contributed by atoms with Gasteiger partial charge in [-0.3, -0.25) is 4.21 Å². The zero-order valence-electron chi connectivity index (χ0n) is 8.44. The molecule has 0 saturated carbocycles. The van der Waals surface area contributed by atoms with Gasteiger partial charge in [-0.25, -0.2) is 0 Å². The van der Waals surface area contributed by atoms with E-state index in [2.05, 4.69) is 11.4 Å². The van der Waals surface area contributed by atoms with Gasteiger partial charge in [0.15, 0.2) is 0 Å². The van der Waals surface area contributed by atoms with E-state index in [9.17, 15) is 4.21 Å². The number of thiophene rings is 1. The molecule has 1 heterocycles. The lowest BCUT2D eigenvalue weighted by molar-refractivity contribution is 0.640. The minimum absolute atomic E-state index is 0.374. The van der Waals surface area contributed by atoms with E-state index in [0.29, 0.717) is 12.5 Å². The maximum atomic E-state index is 11.6. The number of hydrogen-bond acceptors (Lipinski definition) is 3. The lowest BCUT2D eigenvalue weighted by Gasteiger charge is -2.06. The third kappa shape index (κ3) is 4.35. The molecule has 0 amide bonds. The number of aryl methyl sites for hydroxylation is 1. The molecule has 2 nitrogen and oxygen atoms in total. The monoisotopic (exact) mass is 231 g/mol. The average molecular weight is 231 g/mol. The molecule has 1 aromatic heterocycles. The van der Waals surface area contributed by atoms with E-state index in [4.69, 9.17) is 5.73 Å². The fourth-order valence-electron chi connectivity index (χ4n) is 1.14. The molecule has 1 rings (SSSR count). The SMILES string of the molecule is CC(CN)CS(=O)CCc1cccs1. The van der Waals surface area contributed by atoms with Crippen LogP contribution in [0.1, 0.15) is 11.8 Å². The summed E-state index contributed by atoms with van der Waals surface area (Å²) in [6.07, 6.45) is 0.932. The van der Waals surface area contributed by atoms with Crippen LogP contribution < -0.4 is 5.73 Å². The molecule has 0 saturated heterocycles. The summed E-state index contributed by atoms with van der Waals surface area (Å²) in [4.78, 5) is 1.32. The van der Waals surface area contributed by atoms with Gasteiger partial charge in [-0.1, -0.05) is 13.0 Å². The van der Waals surface area contributed by atoms with E-state index in [1.807, 2.05) is 13.0 Å². The van der Waals surface area contributed by atoms with E-state index in [1.165, 1.54) is 4.88 Å². The molecule has 0 spiro atoms. The summed E-state index contributed by atoms with van der Waals surface area (Å²) < 4.78 is 11.6. The molecule has 0 aromatic carbocycles. The fraction of sp³-hybridized carbons (Fsp3) is 0.600. The molecule has 4 heteroatoms. The van der Waals surface area contributed by atoms with E-state index in [0.717, 1.165) is 17.9 Å². The third-order valence-corrected chi connectivity index (χ3v) is 4.57. The van der Waals surface area contributed by atoms with Crippen molar-refractivity contribution in [2.45, 2.75) is 13.3 Å². The zero-order valence-corrected chi connectivity index (χ0v) is 10.1. The quantitative estimate of drug-likeness (QED) is 0.808. The first-order valence-electron chi connectivity index (χ1n) is 4.79. The molecule has 0 fully saturated rings. The Kier molecular flexibility index (Phi) is 5.37. The minimum Gasteiger partial charge on any atom is -0.330 e. The Morgan fingerprint density at radius 1 is 1.64 bits per heavy atom. The van der Waals surface area contributed by atoms with Crippen LogP contribution in [0.25, 0.3) is 0 Å². The molecule has 2 unspecified atom stereocenters. The molecular formula is C10H17NOS2. The Morgan fingerprint density at radius 3 is 3.00 bits per heavy atom. The number of hydrogen-bond donors (Lipinski definition) is 1. The second-order valence-electron chi connectivity index (χ2n) is 3.48. The second kappa shape index (κ2) is 6.32. The van der Waals surface area contributed by atoms with Gasteiger partial charge in [-0.05, 0) is 30.3 Å². The molecule has 14 heavy (non-hydrogen) atoms. The Balaban J connectivity index is 2.22. The van der Waals surface area contributed by atoms with Gasteiger partial charge in [0.05, 0.1) is 0 Å². The van der Waals surface area contributed by atoms with Crippen molar-refractivity contribution in [1.82, 2.24) is 0 Å². The molecule has 2 atom stereocenters. The van der Waals surface area contributed by atoms with Crippen LogP contribution in [0.3, 0.4) is 0 Å².